The SMILES string of the molecule is Cc1ccc([C@H](c2cccs2)N2CCNCC2)c(F)c1F.Cl. The van der Waals surface area contributed by atoms with Gasteiger partial charge in [0.15, 0.2) is 11.6 Å². The molecule has 120 valence electrons. The molecular weight excluding hydrogens is 326 g/mol. The van der Waals surface area contributed by atoms with E-state index >= 15 is 0 Å². The molecule has 3 rings (SSSR count). The van der Waals surface area contributed by atoms with Crippen LogP contribution in [0, 0.1) is 18.6 Å². The Kier molecular flexibility index (Phi) is 5.92. The van der Waals surface area contributed by atoms with Gasteiger partial charge in [0.1, 0.15) is 0 Å². The highest BCUT2D eigenvalue weighted by molar-refractivity contribution is 7.10. The number of halogens is 3. The largest absolute Gasteiger partial charge is 0.314 e. The molecule has 6 heteroatoms. The quantitative estimate of drug-likeness (QED) is 0.912. The number of hydrogen-bond acceptors (Lipinski definition) is 3. The summed E-state index contributed by atoms with van der Waals surface area (Å²) < 4.78 is 28.4. The summed E-state index contributed by atoms with van der Waals surface area (Å²) in [6.45, 7) is 5.00. The first-order chi connectivity index (χ1) is 10.2. The summed E-state index contributed by atoms with van der Waals surface area (Å²) in [7, 11) is 0. The zero-order valence-electron chi connectivity index (χ0n) is 12.3. The molecule has 0 spiro atoms. The molecule has 1 aliphatic heterocycles. The van der Waals surface area contributed by atoms with Crippen molar-refractivity contribution < 1.29 is 8.78 Å². The van der Waals surface area contributed by atoms with Crippen molar-refractivity contribution in [2.75, 3.05) is 26.2 Å². The lowest BCUT2D eigenvalue weighted by molar-refractivity contribution is 0.196. The van der Waals surface area contributed by atoms with Crippen LogP contribution in [0.5, 0.6) is 0 Å². The minimum Gasteiger partial charge on any atom is -0.314 e. The van der Waals surface area contributed by atoms with E-state index in [9.17, 15) is 8.78 Å². The number of nitrogens with zero attached hydrogens (tertiary/aromatic N) is 1. The Bertz CT molecular complexity index is 613. The van der Waals surface area contributed by atoms with Crippen LogP contribution in [0.1, 0.15) is 22.0 Å². The third kappa shape index (κ3) is 3.33. The van der Waals surface area contributed by atoms with Gasteiger partial charge in [0, 0.05) is 36.6 Å². The van der Waals surface area contributed by atoms with E-state index in [1.54, 1.807) is 30.4 Å². The first-order valence-electron chi connectivity index (χ1n) is 7.11. The number of hydrogen-bond donors (Lipinski definition) is 1. The van der Waals surface area contributed by atoms with Crippen LogP contribution in [0.3, 0.4) is 0 Å². The smallest absolute Gasteiger partial charge is 0.164 e. The number of rotatable bonds is 3. The van der Waals surface area contributed by atoms with Gasteiger partial charge in [-0.3, -0.25) is 4.90 Å². The summed E-state index contributed by atoms with van der Waals surface area (Å²) in [6.07, 6.45) is 0. The Balaban J connectivity index is 0.00000176. The average Bonchev–Trinajstić information content (AvgIpc) is 3.03. The van der Waals surface area contributed by atoms with Gasteiger partial charge < -0.3 is 5.32 Å². The van der Waals surface area contributed by atoms with E-state index in [0.29, 0.717) is 11.1 Å². The minimum absolute atomic E-state index is 0. The standard InChI is InChI=1S/C16H18F2N2S.ClH/c1-11-4-5-12(15(18)14(11)17)16(13-3-2-10-21-13)20-8-6-19-7-9-20;/h2-5,10,16,19H,6-9H2,1H3;1H/t16-;/m1./s1. The minimum atomic E-state index is -0.732. The molecule has 1 aromatic heterocycles. The number of piperazine rings is 1. The Labute approximate surface area is 139 Å². The van der Waals surface area contributed by atoms with Crippen LogP contribution in [0.25, 0.3) is 0 Å². The third-order valence-electron chi connectivity index (χ3n) is 3.93. The molecule has 1 atom stereocenters. The van der Waals surface area contributed by atoms with Crippen LogP contribution in [-0.2, 0) is 0 Å². The van der Waals surface area contributed by atoms with Gasteiger partial charge in [-0.05, 0) is 23.9 Å². The van der Waals surface area contributed by atoms with Gasteiger partial charge in [-0.1, -0.05) is 18.2 Å². The molecule has 0 bridgehead atoms. The van der Waals surface area contributed by atoms with Gasteiger partial charge in [-0.15, -0.1) is 23.7 Å². The Hall–Kier alpha value is -1.01. The summed E-state index contributed by atoms with van der Waals surface area (Å²) in [4.78, 5) is 3.27. The van der Waals surface area contributed by atoms with E-state index in [-0.39, 0.29) is 18.4 Å². The van der Waals surface area contributed by atoms with Crippen molar-refractivity contribution in [1.29, 1.82) is 0 Å². The van der Waals surface area contributed by atoms with Gasteiger partial charge in [0.05, 0.1) is 6.04 Å². The van der Waals surface area contributed by atoms with E-state index in [1.807, 2.05) is 17.5 Å². The van der Waals surface area contributed by atoms with Crippen molar-refractivity contribution in [2.45, 2.75) is 13.0 Å². The lowest BCUT2D eigenvalue weighted by Gasteiger charge is -2.35. The van der Waals surface area contributed by atoms with Crippen LogP contribution in [0.15, 0.2) is 29.6 Å². The molecule has 0 unspecified atom stereocenters. The number of benzene rings is 1. The molecule has 1 aliphatic rings. The van der Waals surface area contributed by atoms with Gasteiger partial charge in [-0.2, -0.15) is 0 Å². The fraction of sp³-hybridized carbons (Fsp3) is 0.375. The van der Waals surface area contributed by atoms with Crippen molar-refractivity contribution in [3.05, 3.63) is 57.3 Å². The first kappa shape index (κ1) is 17.3. The van der Waals surface area contributed by atoms with Crippen molar-refractivity contribution >= 4 is 23.7 Å². The Morgan fingerprint density at radius 3 is 2.50 bits per heavy atom. The maximum atomic E-state index is 14.4. The summed E-state index contributed by atoms with van der Waals surface area (Å²) in [5.74, 6) is -1.45. The molecule has 1 saturated heterocycles. The van der Waals surface area contributed by atoms with E-state index in [2.05, 4.69) is 10.2 Å². The molecule has 1 aromatic carbocycles. The zero-order valence-corrected chi connectivity index (χ0v) is 13.9. The number of nitrogens with one attached hydrogen (secondary N) is 1. The number of thiophene rings is 1. The highest BCUT2D eigenvalue weighted by atomic mass is 35.5. The molecule has 0 amide bonds. The molecule has 2 heterocycles. The number of aryl methyl sites for hydroxylation is 1. The molecule has 1 fully saturated rings. The van der Waals surface area contributed by atoms with E-state index in [0.717, 1.165) is 31.1 Å². The summed E-state index contributed by atoms with van der Waals surface area (Å²) in [5.41, 5.74) is 0.781. The van der Waals surface area contributed by atoms with E-state index in [4.69, 9.17) is 0 Å². The Morgan fingerprint density at radius 1 is 1.14 bits per heavy atom. The van der Waals surface area contributed by atoms with Crippen molar-refractivity contribution in [1.82, 2.24) is 10.2 Å². The van der Waals surface area contributed by atoms with Crippen LogP contribution >= 0.6 is 23.7 Å². The van der Waals surface area contributed by atoms with Crippen LogP contribution < -0.4 is 5.32 Å². The zero-order chi connectivity index (χ0) is 14.8. The second kappa shape index (κ2) is 7.51. The molecule has 0 aliphatic carbocycles. The molecule has 1 N–H and O–H groups in total. The van der Waals surface area contributed by atoms with E-state index < -0.39 is 11.6 Å². The molecule has 0 saturated carbocycles. The summed E-state index contributed by atoms with van der Waals surface area (Å²) >= 11 is 1.59. The topological polar surface area (TPSA) is 15.3 Å². The van der Waals surface area contributed by atoms with Crippen molar-refractivity contribution in [2.24, 2.45) is 0 Å². The van der Waals surface area contributed by atoms with Crippen LogP contribution in [0.2, 0.25) is 0 Å². The molecule has 0 radical (unpaired) electrons. The second-order valence-electron chi connectivity index (χ2n) is 5.30. The summed E-state index contributed by atoms with van der Waals surface area (Å²) in [6, 6.07) is 7.13. The fourth-order valence-corrected chi connectivity index (χ4v) is 3.67. The average molecular weight is 345 g/mol. The lowest BCUT2D eigenvalue weighted by Crippen LogP contribution is -2.45. The lowest BCUT2D eigenvalue weighted by atomic mass is 10.00. The second-order valence-corrected chi connectivity index (χ2v) is 6.28. The molecule has 2 nitrogen and oxygen atoms in total. The maximum absolute atomic E-state index is 14.4. The first-order valence-corrected chi connectivity index (χ1v) is 7.99. The molecule has 22 heavy (non-hydrogen) atoms. The van der Waals surface area contributed by atoms with Gasteiger partial charge in [0.25, 0.3) is 0 Å². The van der Waals surface area contributed by atoms with Gasteiger partial charge in [0.2, 0.25) is 0 Å². The van der Waals surface area contributed by atoms with Crippen LogP contribution in [-0.4, -0.2) is 31.1 Å². The Morgan fingerprint density at radius 2 is 1.86 bits per heavy atom. The summed E-state index contributed by atoms with van der Waals surface area (Å²) in [5, 5.41) is 5.27. The predicted molar refractivity (Wildman–Crippen MR) is 88.9 cm³/mol. The molecular formula is C16H19ClF2N2S. The highest BCUT2D eigenvalue weighted by Gasteiger charge is 2.28. The van der Waals surface area contributed by atoms with Gasteiger partial charge in [-0.25, -0.2) is 8.78 Å². The predicted octanol–water partition coefficient (Wildman–Crippen LogP) is 3.75. The fourth-order valence-electron chi connectivity index (χ4n) is 2.79. The normalized spacial score (nSPS) is 17.0. The van der Waals surface area contributed by atoms with Crippen LogP contribution in [0.4, 0.5) is 8.78 Å². The van der Waals surface area contributed by atoms with Gasteiger partial charge >= 0.3 is 0 Å². The van der Waals surface area contributed by atoms with E-state index in [1.165, 1.54) is 0 Å². The molecule has 2 aromatic rings. The highest BCUT2D eigenvalue weighted by Crippen LogP contribution is 2.34. The van der Waals surface area contributed by atoms with Crippen molar-refractivity contribution in [3.8, 4) is 0 Å². The maximum Gasteiger partial charge on any atom is 0.164 e. The monoisotopic (exact) mass is 344 g/mol. The third-order valence-corrected chi connectivity index (χ3v) is 4.85. The van der Waals surface area contributed by atoms with Crippen molar-refractivity contribution in [3.63, 3.8) is 0 Å².